The largest absolute Gasteiger partial charge is 0.340 e. The monoisotopic (exact) mass is 223 g/mol. The van der Waals surface area contributed by atoms with E-state index in [4.69, 9.17) is 5.73 Å². The molecule has 1 atom stereocenters. The molecule has 1 rings (SSSR count). The fraction of sp³-hybridized carbons (Fsp3) is 0.400. The zero-order valence-corrected chi connectivity index (χ0v) is 9.52. The molecule has 0 spiro atoms. The highest BCUT2D eigenvalue weighted by Gasteiger charge is 2.11. The Morgan fingerprint density at radius 2 is 2.53 bits per heavy atom. The Labute approximate surface area is 92.9 Å². The zero-order chi connectivity index (χ0) is 11.3. The van der Waals surface area contributed by atoms with E-state index in [1.807, 2.05) is 6.92 Å². The van der Waals surface area contributed by atoms with E-state index in [0.29, 0.717) is 12.2 Å². The molecule has 0 radical (unpaired) electrons. The van der Waals surface area contributed by atoms with E-state index in [-0.39, 0.29) is 11.9 Å². The fourth-order valence-corrected chi connectivity index (χ4v) is 1.66. The first kappa shape index (κ1) is 11.7. The van der Waals surface area contributed by atoms with E-state index in [9.17, 15) is 4.79 Å². The number of nitrogens with zero attached hydrogens (tertiary/aromatic N) is 1. The zero-order valence-electron chi connectivity index (χ0n) is 8.70. The van der Waals surface area contributed by atoms with Gasteiger partial charge >= 0.3 is 0 Å². The lowest BCUT2D eigenvalue weighted by Gasteiger charge is -1.98. The van der Waals surface area contributed by atoms with Crippen molar-refractivity contribution in [2.75, 3.05) is 6.54 Å². The summed E-state index contributed by atoms with van der Waals surface area (Å²) in [5.41, 5.74) is 6.05. The van der Waals surface area contributed by atoms with Crippen molar-refractivity contribution in [3.05, 3.63) is 16.1 Å². The first-order chi connectivity index (χ1) is 7.15. The van der Waals surface area contributed by atoms with E-state index >= 15 is 0 Å². The highest BCUT2D eigenvalue weighted by molar-refractivity contribution is 7.09. The molecule has 5 heteroatoms. The molecule has 1 aromatic rings. The third kappa shape index (κ3) is 3.35. The van der Waals surface area contributed by atoms with Crippen molar-refractivity contribution >= 4 is 17.2 Å². The molecule has 0 aliphatic heterocycles. The Balaban J connectivity index is 2.60. The molecule has 15 heavy (non-hydrogen) atoms. The molecule has 0 saturated heterocycles. The average Bonchev–Trinajstić information content (AvgIpc) is 2.66. The van der Waals surface area contributed by atoms with Crippen LogP contribution < -0.4 is 11.1 Å². The molecular weight excluding hydrogens is 210 g/mol. The summed E-state index contributed by atoms with van der Waals surface area (Å²) in [7, 11) is 0. The van der Waals surface area contributed by atoms with Gasteiger partial charge in [-0.25, -0.2) is 4.98 Å². The fourth-order valence-electron chi connectivity index (χ4n) is 0.904. The van der Waals surface area contributed by atoms with Crippen LogP contribution in [0.15, 0.2) is 5.38 Å². The molecule has 1 heterocycles. The predicted molar refractivity (Wildman–Crippen MR) is 60.5 cm³/mol. The van der Waals surface area contributed by atoms with Crippen LogP contribution >= 0.6 is 11.3 Å². The van der Waals surface area contributed by atoms with Gasteiger partial charge in [0, 0.05) is 5.38 Å². The Morgan fingerprint density at radius 1 is 1.80 bits per heavy atom. The van der Waals surface area contributed by atoms with Gasteiger partial charge in [-0.1, -0.05) is 5.92 Å². The van der Waals surface area contributed by atoms with Crippen LogP contribution in [0.4, 0.5) is 0 Å². The quantitative estimate of drug-likeness (QED) is 0.749. The third-order valence-corrected chi connectivity index (χ3v) is 2.70. The van der Waals surface area contributed by atoms with Gasteiger partial charge in [-0.3, -0.25) is 4.79 Å². The van der Waals surface area contributed by atoms with Crippen molar-refractivity contribution in [2.45, 2.75) is 19.9 Å². The van der Waals surface area contributed by atoms with Crippen molar-refractivity contribution in [1.29, 1.82) is 0 Å². The predicted octanol–water partition coefficient (Wildman–Crippen LogP) is 0.916. The molecule has 0 aromatic carbocycles. The molecule has 1 unspecified atom stereocenters. The SMILES string of the molecule is CC#CCNC(=O)c1csc(C(C)N)n1. The van der Waals surface area contributed by atoms with Crippen LogP contribution in [0.1, 0.15) is 35.4 Å². The number of aromatic nitrogens is 1. The van der Waals surface area contributed by atoms with Crippen molar-refractivity contribution in [1.82, 2.24) is 10.3 Å². The highest BCUT2D eigenvalue weighted by Crippen LogP contribution is 2.15. The minimum absolute atomic E-state index is 0.132. The summed E-state index contributed by atoms with van der Waals surface area (Å²) in [6, 6.07) is -0.132. The molecule has 0 saturated carbocycles. The number of hydrogen-bond acceptors (Lipinski definition) is 4. The van der Waals surface area contributed by atoms with Crippen LogP contribution in [-0.4, -0.2) is 17.4 Å². The summed E-state index contributed by atoms with van der Waals surface area (Å²) >= 11 is 1.39. The van der Waals surface area contributed by atoms with Crippen LogP contribution in [0.2, 0.25) is 0 Å². The van der Waals surface area contributed by atoms with Gasteiger partial charge in [0.25, 0.3) is 5.91 Å². The molecule has 4 nitrogen and oxygen atoms in total. The van der Waals surface area contributed by atoms with Crippen molar-refractivity contribution in [3.63, 3.8) is 0 Å². The maximum absolute atomic E-state index is 11.5. The van der Waals surface area contributed by atoms with Crippen LogP contribution in [0.5, 0.6) is 0 Å². The maximum atomic E-state index is 11.5. The maximum Gasteiger partial charge on any atom is 0.271 e. The molecule has 0 aliphatic rings. The second-order valence-corrected chi connectivity index (χ2v) is 3.86. The lowest BCUT2D eigenvalue weighted by Crippen LogP contribution is -2.24. The Morgan fingerprint density at radius 3 is 3.07 bits per heavy atom. The number of amides is 1. The van der Waals surface area contributed by atoms with E-state index in [2.05, 4.69) is 22.1 Å². The number of nitrogens with one attached hydrogen (secondary N) is 1. The summed E-state index contributed by atoms with van der Waals surface area (Å²) in [4.78, 5) is 15.6. The number of carbonyl (C=O) groups excluding carboxylic acids is 1. The van der Waals surface area contributed by atoms with E-state index in [1.54, 1.807) is 12.3 Å². The van der Waals surface area contributed by atoms with Crippen molar-refractivity contribution < 1.29 is 4.79 Å². The van der Waals surface area contributed by atoms with Gasteiger partial charge in [0.1, 0.15) is 10.7 Å². The molecular formula is C10H13N3OS. The molecule has 0 aliphatic carbocycles. The van der Waals surface area contributed by atoms with Gasteiger partial charge in [-0.2, -0.15) is 0 Å². The number of hydrogen-bond donors (Lipinski definition) is 2. The van der Waals surface area contributed by atoms with E-state index in [0.717, 1.165) is 5.01 Å². The second kappa shape index (κ2) is 5.49. The summed E-state index contributed by atoms with van der Waals surface area (Å²) in [5, 5.41) is 5.11. The van der Waals surface area contributed by atoms with Gasteiger partial charge in [0.2, 0.25) is 0 Å². The summed E-state index contributed by atoms with van der Waals surface area (Å²) in [6.07, 6.45) is 0. The number of rotatable bonds is 3. The summed E-state index contributed by atoms with van der Waals surface area (Å²) in [5.74, 6) is 5.24. The molecule has 80 valence electrons. The lowest BCUT2D eigenvalue weighted by atomic mass is 10.4. The minimum atomic E-state index is -0.207. The molecule has 1 amide bonds. The first-order valence-corrected chi connectivity index (χ1v) is 5.42. The van der Waals surface area contributed by atoms with Crippen LogP contribution in [-0.2, 0) is 0 Å². The van der Waals surface area contributed by atoms with Gasteiger partial charge in [0.15, 0.2) is 0 Å². The normalized spacial score (nSPS) is 11.4. The van der Waals surface area contributed by atoms with E-state index in [1.165, 1.54) is 11.3 Å². The standard InChI is InChI=1S/C10H13N3OS/c1-3-4-5-12-9(14)8-6-15-10(13-8)7(2)11/h6-7H,5,11H2,1-2H3,(H,12,14). The molecule has 0 bridgehead atoms. The Hall–Kier alpha value is -1.38. The van der Waals surface area contributed by atoms with Gasteiger partial charge in [0.05, 0.1) is 12.6 Å². The van der Waals surface area contributed by atoms with E-state index < -0.39 is 0 Å². The smallest absolute Gasteiger partial charge is 0.271 e. The van der Waals surface area contributed by atoms with Gasteiger partial charge < -0.3 is 11.1 Å². The molecule has 1 aromatic heterocycles. The van der Waals surface area contributed by atoms with Crippen LogP contribution in [0, 0.1) is 11.8 Å². The Kier molecular flexibility index (Phi) is 4.28. The average molecular weight is 223 g/mol. The first-order valence-electron chi connectivity index (χ1n) is 4.54. The highest BCUT2D eigenvalue weighted by atomic mass is 32.1. The third-order valence-electron chi connectivity index (χ3n) is 1.66. The van der Waals surface area contributed by atoms with Crippen LogP contribution in [0.3, 0.4) is 0 Å². The van der Waals surface area contributed by atoms with Crippen LogP contribution in [0.25, 0.3) is 0 Å². The summed E-state index contributed by atoms with van der Waals surface area (Å²) < 4.78 is 0. The number of thiazole rings is 1. The van der Waals surface area contributed by atoms with Crippen molar-refractivity contribution in [3.8, 4) is 11.8 Å². The topological polar surface area (TPSA) is 68.0 Å². The van der Waals surface area contributed by atoms with Gasteiger partial charge in [-0.15, -0.1) is 17.3 Å². The molecule has 3 N–H and O–H groups in total. The summed E-state index contributed by atoms with van der Waals surface area (Å²) in [6.45, 7) is 3.91. The lowest BCUT2D eigenvalue weighted by molar-refractivity contribution is 0.0954. The number of carbonyl (C=O) groups is 1. The second-order valence-electron chi connectivity index (χ2n) is 2.97. The van der Waals surface area contributed by atoms with Crippen molar-refractivity contribution in [2.24, 2.45) is 5.73 Å². The Bertz CT molecular complexity index is 400. The minimum Gasteiger partial charge on any atom is -0.340 e. The number of nitrogens with two attached hydrogens (primary N) is 1. The molecule has 0 fully saturated rings. The van der Waals surface area contributed by atoms with Gasteiger partial charge in [-0.05, 0) is 13.8 Å².